The summed E-state index contributed by atoms with van der Waals surface area (Å²) < 4.78 is 7.24. The molecule has 1 aliphatic carbocycles. The van der Waals surface area contributed by atoms with Crippen molar-refractivity contribution in [2.24, 2.45) is 0 Å². The third-order valence-electron chi connectivity index (χ3n) is 5.25. The average molecular weight is 448 g/mol. The molecule has 1 fully saturated rings. The van der Waals surface area contributed by atoms with Crippen molar-refractivity contribution < 1.29 is 75.7 Å². The zero-order valence-corrected chi connectivity index (χ0v) is 20.7. The Morgan fingerprint density at radius 3 is 2.58 bits per heavy atom. The molecule has 1 aliphatic rings. The van der Waals surface area contributed by atoms with Gasteiger partial charge >= 0.3 is 51.4 Å². The Bertz CT molecular complexity index is 1080. The van der Waals surface area contributed by atoms with Crippen molar-refractivity contribution in [3.05, 3.63) is 53.5 Å². The predicted octanol–water partition coefficient (Wildman–Crippen LogP) is -0.315. The number of carbonyl (C=O) groups excluding carboxylic acids is 2. The maximum Gasteiger partial charge on any atom is 1.00 e. The van der Waals surface area contributed by atoms with E-state index in [2.05, 4.69) is 10.5 Å². The van der Waals surface area contributed by atoms with Gasteiger partial charge in [0.1, 0.15) is 17.2 Å². The fraction of sp³-hybridized carbons (Fsp3) is 0.318. The fourth-order valence-electron chi connectivity index (χ4n) is 3.52. The number of phenolic OH excluding ortho intramolecular Hbond substituents is 1. The molecule has 156 valence electrons. The van der Waals surface area contributed by atoms with Crippen LogP contribution >= 0.6 is 0 Å². The molecule has 0 spiro atoms. The van der Waals surface area contributed by atoms with Crippen molar-refractivity contribution in [2.75, 3.05) is 5.32 Å². The van der Waals surface area contributed by atoms with Crippen LogP contribution in [0.2, 0.25) is 0 Å². The normalized spacial score (nSPS) is 12.9. The molecule has 2 heterocycles. The van der Waals surface area contributed by atoms with Gasteiger partial charge in [0.15, 0.2) is 0 Å². The Hall–Kier alpha value is -1.91. The van der Waals surface area contributed by atoms with E-state index < -0.39 is 5.97 Å². The van der Waals surface area contributed by atoms with Crippen LogP contribution < -0.4 is 61.8 Å². The third kappa shape index (κ3) is 5.47. The number of rotatable bonds is 8. The summed E-state index contributed by atoms with van der Waals surface area (Å²) in [4.78, 5) is 23.7. The Labute approximate surface area is 222 Å². The summed E-state index contributed by atoms with van der Waals surface area (Å²) in [6.45, 7) is 2.46. The number of carboxylic acid groups (broad SMARTS) is 1. The molecule has 0 aliphatic heterocycles. The molecule has 9 heteroatoms. The van der Waals surface area contributed by atoms with Crippen molar-refractivity contribution in [2.45, 2.75) is 45.1 Å². The smallest absolute Gasteiger partial charge is 0.545 e. The first-order valence-corrected chi connectivity index (χ1v) is 9.95. The summed E-state index contributed by atoms with van der Waals surface area (Å²) in [6.07, 6.45) is 5.61. The number of carboxylic acids is 1. The van der Waals surface area contributed by atoms with Gasteiger partial charge < -0.3 is 29.4 Å². The number of nitrogens with one attached hydrogen (secondary N) is 1. The number of anilines is 1. The molecule has 1 amide bonds. The molecule has 1 saturated carbocycles. The molecule has 31 heavy (non-hydrogen) atoms. The van der Waals surface area contributed by atoms with Crippen molar-refractivity contribution in [1.82, 2.24) is 9.72 Å². The molecule has 3 aromatic rings. The number of aromatic hydroxyl groups is 1. The number of aryl methyl sites for hydroxylation is 2. The predicted molar refractivity (Wildman–Crippen MR) is 107 cm³/mol. The number of nitrogens with zero attached hydrogens (tertiary/aromatic N) is 2. The van der Waals surface area contributed by atoms with Gasteiger partial charge in [-0.1, -0.05) is 5.16 Å². The summed E-state index contributed by atoms with van der Waals surface area (Å²) in [7, 11) is 0. The largest absolute Gasteiger partial charge is 1.00 e. The molecule has 4 rings (SSSR count). The van der Waals surface area contributed by atoms with Gasteiger partial charge in [0.05, 0.1) is 11.7 Å². The van der Waals surface area contributed by atoms with Crippen LogP contribution in [-0.4, -0.2) is 26.7 Å². The summed E-state index contributed by atoms with van der Waals surface area (Å²) in [5.74, 6) is -0.429. The summed E-state index contributed by atoms with van der Waals surface area (Å²) in [6, 6.07) is 6.78. The molecule has 2 aromatic heterocycles. The monoisotopic (exact) mass is 447 g/mol. The van der Waals surface area contributed by atoms with E-state index in [1.807, 2.05) is 6.92 Å². The molecule has 0 bridgehead atoms. The second kappa shape index (κ2) is 10.1. The first kappa shape index (κ1) is 23.7. The average Bonchev–Trinajstić information content (AvgIpc) is 3.34. The standard InChI is InChI=1S/C22H23N3O5.K/c1-2-25-11-16(22(28)29)17(12-25)23-19(27)10-9-18-20(13-3-4-13)21(24-30-18)14-5-7-15(26)8-6-14;/h5-8,11-13,26H,2-4,9-10H2,1H3,(H,23,27)(H,28,29);/q;+1/p-1. The maximum absolute atomic E-state index is 12.4. The van der Waals surface area contributed by atoms with E-state index in [1.54, 1.807) is 35.0 Å². The third-order valence-corrected chi connectivity index (χ3v) is 5.25. The Balaban J connectivity index is 0.00000272. The topological polar surface area (TPSA) is 120 Å². The number of aromatic carboxylic acids is 1. The minimum absolute atomic E-state index is 0. The van der Waals surface area contributed by atoms with Crippen molar-refractivity contribution in [3.8, 4) is 17.0 Å². The first-order chi connectivity index (χ1) is 14.5. The van der Waals surface area contributed by atoms with Gasteiger partial charge in [-0.15, -0.1) is 0 Å². The number of phenols is 1. The molecule has 8 nitrogen and oxygen atoms in total. The first-order valence-electron chi connectivity index (χ1n) is 9.95. The van der Waals surface area contributed by atoms with Crippen LogP contribution in [0.1, 0.15) is 53.8 Å². The van der Waals surface area contributed by atoms with E-state index in [0.717, 1.165) is 29.7 Å². The quantitative estimate of drug-likeness (QED) is 0.457. The van der Waals surface area contributed by atoms with E-state index in [-0.39, 0.29) is 80.7 Å². The van der Waals surface area contributed by atoms with E-state index in [4.69, 9.17) is 4.52 Å². The number of amides is 1. The van der Waals surface area contributed by atoms with E-state index in [0.29, 0.717) is 24.6 Å². The van der Waals surface area contributed by atoms with Crippen LogP contribution in [0.15, 0.2) is 41.2 Å². The van der Waals surface area contributed by atoms with Crippen molar-refractivity contribution in [1.29, 1.82) is 0 Å². The van der Waals surface area contributed by atoms with Crippen LogP contribution in [0, 0.1) is 0 Å². The van der Waals surface area contributed by atoms with Crippen molar-refractivity contribution in [3.63, 3.8) is 0 Å². The van der Waals surface area contributed by atoms with Gasteiger partial charge in [0.25, 0.3) is 0 Å². The van der Waals surface area contributed by atoms with Crippen molar-refractivity contribution >= 4 is 17.6 Å². The van der Waals surface area contributed by atoms with Gasteiger partial charge in [0, 0.05) is 48.5 Å². The molecular weight excluding hydrogens is 425 g/mol. The zero-order chi connectivity index (χ0) is 21.3. The van der Waals surface area contributed by atoms with Crippen LogP contribution in [-0.2, 0) is 17.8 Å². The second-order valence-corrected chi connectivity index (χ2v) is 7.44. The molecule has 0 saturated heterocycles. The number of carbonyl (C=O) groups is 2. The van der Waals surface area contributed by atoms with Gasteiger partial charge in [-0.25, -0.2) is 0 Å². The summed E-state index contributed by atoms with van der Waals surface area (Å²) >= 11 is 0. The molecule has 0 unspecified atom stereocenters. The van der Waals surface area contributed by atoms with Gasteiger partial charge in [-0.2, -0.15) is 0 Å². The maximum atomic E-state index is 12.4. The minimum Gasteiger partial charge on any atom is -0.545 e. The summed E-state index contributed by atoms with van der Waals surface area (Å²) in [5, 5.41) is 27.7. The van der Waals surface area contributed by atoms with Crippen LogP contribution in [0.3, 0.4) is 0 Å². The van der Waals surface area contributed by atoms with E-state index in [9.17, 15) is 19.8 Å². The van der Waals surface area contributed by atoms with E-state index in [1.165, 1.54) is 6.20 Å². The molecule has 2 N–H and O–H groups in total. The molecule has 0 radical (unpaired) electrons. The molecule has 0 atom stereocenters. The Morgan fingerprint density at radius 1 is 1.26 bits per heavy atom. The Morgan fingerprint density at radius 2 is 1.97 bits per heavy atom. The zero-order valence-electron chi connectivity index (χ0n) is 17.6. The fourth-order valence-corrected chi connectivity index (χ4v) is 3.52. The number of hydrogen-bond donors (Lipinski definition) is 2. The molecular formula is C22H22KN3O5. The van der Waals surface area contributed by atoms with Gasteiger partial charge in [-0.05, 0) is 49.9 Å². The SMILES string of the molecule is CCn1cc(NC(=O)CCc2onc(-c3ccc(O)cc3)c2C2CC2)c(C(=O)[O-])c1.[K+]. The summed E-state index contributed by atoms with van der Waals surface area (Å²) in [5.41, 5.74) is 2.80. The number of benzene rings is 1. The minimum atomic E-state index is -1.33. The van der Waals surface area contributed by atoms with Gasteiger partial charge in [0.2, 0.25) is 5.91 Å². The van der Waals surface area contributed by atoms with Crippen LogP contribution in [0.4, 0.5) is 5.69 Å². The van der Waals surface area contributed by atoms with Crippen LogP contribution in [0.25, 0.3) is 11.3 Å². The van der Waals surface area contributed by atoms with Crippen LogP contribution in [0.5, 0.6) is 5.75 Å². The second-order valence-electron chi connectivity index (χ2n) is 7.44. The van der Waals surface area contributed by atoms with Gasteiger partial charge in [-0.3, -0.25) is 4.79 Å². The molecule has 1 aromatic carbocycles. The Kier molecular flexibility index (Phi) is 7.76. The van der Waals surface area contributed by atoms with E-state index >= 15 is 0 Å². The number of aromatic nitrogens is 2. The number of hydrogen-bond acceptors (Lipinski definition) is 6.